The van der Waals surface area contributed by atoms with E-state index in [1.165, 1.54) is 11.4 Å². The van der Waals surface area contributed by atoms with E-state index < -0.39 is 10.0 Å². The Balaban J connectivity index is 1.61. The summed E-state index contributed by atoms with van der Waals surface area (Å²) in [4.78, 5) is 16.8. The van der Waals surface area contributed by atoms with Gasteiger partial charge < -0.3 is 19.1 Å². The minimum Gasteiger partial charge on any atom is -0.493 e. The summed E-state index contributed by atoms with van der Waals surface area (Å²) in [6.45, 7) is 2.71. The van der Waals surface area contributed by atoms with Crippen molar-refractivity contribution in [2.45, 2.75) is 24.8 Å². The summed E-state index contributed by atoms with van der Waals surface area (Å²) in [5, 5.41) is 3.43. The molecule has 0 spiro atoms. The van der Waals surface area contributed by atoms with Gasteiger partial charge >= 0.3 is 0 Å². The molecule has 218 valence electrons. The highest BCUT2D eigenvalue weighted by Gasteiger charge is 2.30. The van der Waals surface area contributed by atoms with Crippen molar-refractivity contribution in [3.63, 3.8) is 0 Å². The van der Waals surface area contributed by atoms with Crippen molar-refractivity contribution in [2.24, 2.45) is 0 Å². The van der Waals surface area contributed by atoms with Crippen molar-refractivity contribution in [1.82, 2.24) is 9.21 Å². The van der Waals surface area contributed by atoms with Crippen LogP contribution in [-0.4, -0.2) is 71.1 Å². The molecular weight excluding hydrogens is 560 g/mol. The lowest BCUT2D eigenvalue weighted by Crippen LogP contribution is -2.44. The summed E-state index contributed by atoms with van der Waals surface area (Å²) in [5.74, 6) is 0.966. The molecule has 4 aromatic rings. The molecule has 3 aromatic carbocycles. The van der Waals surface area contributed by atoms with Gasteiger partial charge in [0.05, 0.1) is 38.8 Å². The van der Waals surface area contributed by atoms with E-state index in [9.17, 15) is 13.2 Å². The quantitative estimate of drug-likeness (QED) is 0.201. The largest absolute Gasteiger partial charge is 0.493 e. The molecule has 8 nitrogen and oxygen atoms in total. The summed E-state index contributed by atoms with van der Waals surface area (Å²) < 4.78 is 45.2. The Kier molecular flexibility index (Phi) is 10.4. The molecule has 0 N–H and O–H groups in total. The maximum absolute atomic E-state index is 14.0. The number of nitrogens with zero attached hydrogens (tertiary/aromatic N) is 2. The van der Waals surface area contributed by atoms with Gasteiger partial charge in [-0.25, -0.2) is 8.42 Å². The molecule has 4 rings (SSSR count). The van der Waals surface area contributed by atoms with Crippen molar-refractivity contribution in [1.29, 1.82) is 0 Å². The molecule has 0 aliphatic carbocycles. The lowest BCUT2D eigenvalue weighted by atomic mass is 10.1. The predicted octanol–water partition coefficient (Wildman–Crippen LogP) is 5.14. The third-order valence-electron chi connectivity index (χ3n) is 7.00. The molecule has 41 heavy (non-hydrogen) atoms. The summed E-state index contributed by atoms with van der Waals surface area (Å²) >= 11 is 1.58. The fraction of sp³-hybridized carbons (Fsp3) is 0.323. The molecule has 0 atom stereocenters. The van der Waals surface area contributed by atoms with Crippen LogP contribution >= 0.6 is 11.3 Å². The maximum atomic E-state index is 14.0. The average molecular weight is 597 g/mol. The number of hydrogen-bond acceptors (Lipinski definition) is 7. The van der Waals surface area contributed by atoms with Gasteiger partial charge in [-0.15, -0.1) is 11.3 Å². The highest BCUT2D eigenvalue weighted by Crippen LogP contribution is 2.29. The first-order valence-corrected chi connectivity index (χ1v) is 15.6. The van der Waals surface area contributed by atoms with Crippen LogP contribution < -0.4 is 9.47 Å². The average Bonchev–Trinajstić information content (AvgIpc) is 3.40. The Morgan fingerprint density at radius 3 is 2.37 bits per heavy atom. The van der Waals surface area contributed by atoms with Crippen LogP contribution in [0.2, 0.25) is 0 Å². The van der Waals surface area contributed by atoms with Crippen LogP contribution in [0.25, 0.3) is 10.8 Å². The Labute approximate surface area is 246 Å². The second-order valence-electron chi connectivity index (χ2n) is 9.59. The number of methoxy groups -OCH3 is 3. The standard InChI is InChI=1S/C31H36N2O6S2/c1-23-15-19-40-29(23)21-32(16-14-24-12-13-27(38-3)28(20-24)39-4)31(34)22-33(17-18-37-2)41(35,36)30-11-7-9-25-8-5-6-10-26(25)30/h5-13,15,19-20H,14,16-18,21-22H2,1-4H3. The number of carbonyl (C=O) groups excluding carboxylic acids is 1. The summed E-state index contributed by atoms with van der Waals surface area (Å²) in [5.41, 5.74) is 2.07. The zero-order valence-electron chi connectivity index (χ0n) is 23.8. The Hall–Kier alpha value is -3.44. The number of fused-ring (bicyclic) bond motifs is 1. The number of hydrogen-bond donors (Lipinski definition) is 0. The zero-order valence-corrected chi connectivity index (χ0v) is 25.5. The van der Waals surface area contributed by atoms with E-state index in [4.69, 9.17) is 14.2 Å². The molecule has 0 unspecified atom stereocenters. The Morgan fingerprint density at radius 1 is 0.902 bits per heavy atom. The molecule has 10 heteroatoms. The molecule has 0 aliphatic rings. The number of carbonyl (C=O) groups is 1. The van der Waals surface area contributed by atoms with Crippen LogP contribution in [0.3, 0.4) is 0 Å². The normalized spacial score (nSPS) is 11.6. The van der Waals surface area contributed by atoms with E-state index in [1.807, 2.05) is 60.8 Å². The molecule has 0 aliphatic heterocycles. The molecule has 1 heterocycles. The van der Waals surface area contributed by atoms with Crippen molar-refractivity contribution >= 4 is 38.0 Å². The third kappa shape index (κ3) is 7.26. The van der Waals surface area contributed by atoms with Crippen LogP contribution in [-0.2, 0) is 32.5 Å². The first-order valence-electron chi connectivity index (χ1n) is 13.3. The van der Waals surface area contributed by atoms with Gasteiger partial charge in [0, 0.05) is 30.5 Å². The van der Waals surface area contributed by atoms with Gasteiger partial charge in [0.15, 0.2) is 11.5 Å². The van der Waals surface area contributed by atoms with Crippen LogP contribution in [0.5, 0.6) is 11.5 Å². The predicted molar refractivity (Wildman–Crippen MR) is 162 cm³/mol. The SMILES string of the molecule is COCCN(CC(=O)N(CCc1ccc(OC)c(OC)c1)Cc1sccc1C)S(=O)(=O)c1cccc2ccccc12. The zero-order chi connectivity index (χ0) is 29.4. The van der Waals surface area contributed by atoms with Crippen LogP contribution in [0.15, 0.2) is 77.0 Å². The number of thiophene rings is 1. The lowest BCUT2D eigenvalue weighted by molar-refractivity contribution is -0.132. The number of ether oxygens (including phenoxy) is 3. The minimum atomic E-state index is -4.00. The van der Waals surface area contributed by atoms with Gasteiger partial charge in [-0.3, -0.25) is 4.79 Å². The number of amides is 1. The Morgan fingerprint density at radius 2 is 1.66 bits per heavy atom. The highest BCUT2D eigenvalue weighted by atomic mass is 32.2. The van der Waals surface area contributed by atoms with Crippen molar-refractivity contribution in [2.75, 3.05) is 47.6 Å². The number of rotatable bonds is 14. The fourth-order valence-electron chi connectivity index (χ4n) is 4.62. The van der Waals surface area contributed by atoms with Crippen molar-refractivity contribution in [3.8, 4) is 11.5 Å². The first-order chi connectivity index (χ1) is 19.8. The molecule has 0 saturated heterocycles. The highest BCUT2D eigenvalue weighted by molar-refractivity contribution is 7.89. The molecule has 0 saturated carbocycles. The van der Waals surface area contributed by atoms with E-state index in [0.29, 0.717) is 36.4 Å². The van der Waals surface area contributed by atoms with Gasteiger partial charge in [-0.1, -0.05) is 42.5 Å². The van der Waals surface area contributed by atoms with E-state index in [-0.39, 0.29) is 30.5 Å². The smallest absolute Gasteiger partial charge is 0.244 e. The van der Waals surface area contributed by atoms with Gasteiger partial charge in [0.25, 0.3) is 0 Å². The number of aryl methyl sites for hydroxylation is 1. The summed E-state index contributed by atoms with van der Waals surface area (Å²) in [6.07, 6.45) is 0.560. The maximum Gasteiger partial charge on any atom is 0.244 e. The van der Waals surface area contributed by atoms with Gasteiger partial charge in [0.1, 0.15) is 0 Å². The van der Waals surface area contributed by atoms with Crippen LogP contribution in [0, 0.1) is 6.92 Å². The van der Waals surface area contributed by atoms with Gasteiger partial charge in [-0.2, -0.15) is 4.31 Å². The molecule has 0 radical (unpaired) electrons. The van der Waals surface area contributed by atoms with Crippen molar-refractivity contribution < 1.29 is 27.4 Å². The fourth-order valence-corrected chi connectivity index (χ4v) is 7.13. The van der Waals surface area contributed by atoms with Crippen LogP contribution in [0.4, 0.5) is 0 Å². The molecule has 0 fully saturated rings. The molecule has 1 amide bonds. The van der Waals surface area contributed by atoms with Gasteiger partial charge in [0.2, 0.25) is 15.9 Å². The summed E-state index contributed by atoms with van der Waals surface area (Å²) in [6, 6.07) is 20.2. The second kappa shape index (κ2) is 14.0. The number of sulfonamides is 1. The lowest BCUT2D eigenvalue weighted by Gasteiger charge is -2.28. The second-order valence-corrected chi connectivity index (χ2v) is 12.5. The Bertz CT molecular complexity index is 1580. The van der Waals surface area contributed by atoms with E-state index in [2.05, 4.69) is 0 Å². The van der Waals surface area contributed by atoms with E-state index in [0.717, 1.165) is 21.4 Å². The molecular formula is C31H36N2O6S2. The summed E-state index contributed by atoms with van der Waals surface area (Å²) in [7, 11) is 0.681. The number of benzene rings is 3. The first kappa shape index (κ1) is 30.5. The third-order valence-corrected chi connectivity index (χ3v) is 9.91. The van der Waals surface area contributed by atoms with Crippen LogP contribution in [0.1, 0.15) is 16.0 Å². The molecule has 1 aromatic heterocycles. The monoisotopic (exact) mass is 596 g/mol. The minimum absolute atomic E-state index is 0.0509. The van der Waals surface area contributed by atoms with E-state index in [1.54, 1.807) is 48.7 Å². The van der Waals surface area contributed by atoms with Crippen molar-refractivity contribution in [3.05, 3.63) is 88.1 Å². The van der Waals surface area contributed by atoms with E-state index >= 15 is 0 Å². The van der Waals surface area contributed by atoms with Gasteiger partial charge in [-0.05, 0) is 59.5 Å². The molecule has 0 bridgehead atoms. The topological polar surface area (TPSA) is 85.4 Å².